The number of hydrogen-bond donors (Lipinski definition) is 1. The van der Waals surface area contributed by atoms with Gasteiger partial charge in [0.2, 0.25) is 0 Å². The Morgan fingerprint density at radius 1 is 1.20 bits per heavy atom. The molecule has 1 aliphatic heterocycles. The monoisotopic (exact) mass is 433 g/mol. The first-order valence-electron chi connectivity index (χ1n) is 11.0. The van der Waals surface area contributed by atoms with Crippen molar-refractivity contribution < 1.29 is 14.5 Å². The van der Waals surface area contributed by atoms with Crippen LogP contribution in [0.2, 0.25) is 0 Å². The van der Waals surface area contributed by atoms with Crippen molar-refractivity contribution in [2.75, 3.05) is 26.5 Å². The zero-order chi connectivity index (χ0) is 21.3. The van der Waals surface area contributed by atoms with Crippen molar-refractivity contribution in [2.24, 2.45) is 11.8 Å². The molecule has 0 spiro atoms. The van der Waals surface area contributed by atoms with Gasteiger partial charge in [-0.3, -0.25) is 19.8 Å². The van der Waals surface area contributed by atoms with Crippen molar-refractivity contribution >= 4 is 23.4 Å². The minimum Gasteiger partial charge on any atom is -0.496 e. The number of likely N-dealkylation sites (tertiary alicyclic amines) is 1. The van der Waals surface area contributed by atoms with Gasteiger partial charge in [-0.2, -0.15) is 0 Å². The molecule has 2 aliphatic carbocycles. The standard InChI is InChI=1S/C22H31N3O4S/c1-29-19-12-20(30-2)18(25(27)28)11-17(19)22(26)23-16-9-10-24(13-16)21-14-5-3-6-15(21)8-4-7-14/h11-12,14-16,21H,3-10,13H2,1-2H3,(H,23,26)/t14?,15?,16-,21?/m0/s1. The highest BCUT2D eigenvalue weighted by Crippen LogP contribution is 2.43. The molecule has 4 rings (SSSR count). The lowest BCUT2D eigenvalue weighted by atomic mass is 9.68. The van der Waals surface area contributed by atoms with E-state index < -0.39 is 4.92 Å². The molecule has 1 atom stereocenters. The fourth-order valence-electron chi connectivity index (χ4n) is 5.88. The minimum atomic E-state index is -0.443. The van der Waals surface area contributed by atoms with Gasteiger partial charge >= 0.3 is 0 Å². The first-order valence-corrected chi connectivity index (χ1v) is 12.2. The van der Waals surface area contributed by atoms with E-state index in [9.17, 15) is 14.9 Å². The van der Waals surface area contributed by atoms with E-state index in [1.807, 2.05) is 0 Å². The zero-order valence-corrected chi connectivity index (χ0v) is 18.6. The molecule has 1 amide bonds. The van der Waals surface area contributed by atoms with E-state index in [0.29, 0.717) is 16.7 Å². The van der Waals surface area contributed by atoms with E-state index in [1.165, 1.54) is 63.5 Å². The number of methoxy groups -OCH3 is 1. The van der Waals surface area contributed by atoms with Gasteiger partial charge in [-0.25, -0.2) is 0 Å². The molecule has 1 N–H and O–H groups in total. The molecule has 0 unspecified atom stereocenters. The van der Waals surface area contributed by atoms with Gasteiger partial charge in [0.1, 0.15) is 5.75 Å². The van der Waals surface area contributed by atoms with Crippen molar-refractivity contribution in [3.05, 3.63) is 27.8 Å². The van der Waals surface area contributed by atoms with E-state index in [0.717, 1.165) is 31.3 Å². The number of carbonyl (C=O) groups is 1. The average Bonchev–Trinajstić information content (AvgIpc) is 3.20. The van der Waals surface area contributed by atoms with E-state index in [4.69, 9.17) is 4.74 Å². The number of nitrogens with one attached hydrogen (secondary N) is 1. The number of carbonyl (C=O) groups excluding carboxylic acids is 1. The Labute approximate surface area is 182 Å². The van der Waals surface area contributed by atoms with Crippen LogP contribution >= 0.6 is 11.8 Å². The predicted octanol–water partition coefficient (Wildman–Crippen LogP) is 4.10. The van der Waals surface area contributed by atoms with Crippen LogP contribution in [0.25, 0.3) is 0 Å². The maximum Gasteiger partial charge on any atom is 0.283 e. The van der Waals surface area contributed by atoms with E-state index in [-0.39, 0.29) is 23.2 Å². The van der Waals surface area contributed by atoms with Gasteiger partial charge < -0.3 is 10.1 Å². The lowest BCUT2D eigenvalue weighted by molar-refractivity contribution is -0.387. The lowest BCUT2D eigenvalue weighted by Crippen LogP contribution is -2.50. The average molecular weight is 434 g/mol. The lowest BCUT2D eigenvalue weighted by Gasteiger charge is -2.47. The summed E-state index contributed by atoms with van der Waals surface area (Å²) in [6, 6.07) is 3.68. The minimum absolute atomic E-state index is 0.0588. The number of nitro benzene ring substituents is 1. The Morgan fingerprint density at radius 2 is 1.87 bits per heavy atom. The maximum atomic E-state index is 13.0. The Morgan fingerprint density at radius 3 is 2.43 bits per heavy atom. The van der Waals surface area contributed by atoms with Crippen LogP contribution in [0.1, 0.15) is 55.3 Å². The summed E-state index contributed by atoms with van der Waals surface area (Å²) >= 11 is 1.27. The third-order valence-corrected chi connectivity index (χ3v) is 7.95. The second kappa shape index (κ2) is 9.14. The smallest absolute Gasteiger partial charge is 0.283 e. The number of ether oxygens (including phenoxy) is 1. The van der Waals surface area contributed by atoms with Crippen LogP contribution in [0, 0.1) is 22.0 Å². The van der Waals surface area contributed by atoms with Gasteiger partial charge in [0, 0.05) is 37.3 Å². The number of thioether (sulfide) groups is 1. The van der Waals surface area contributed by atoms with Gasteiger partial charge in [0.25, 0.3) is 11.6 Å². The van der Waals surface area contributed by atoms with Crippen molar-refractivity contribution in [2.45, 2.75) is 61.9 Å². The highest BCUT2D eigenvalue weighted by Gasteiger charge is 2.42. The number of hydrogen-bond acceptors (Lipinski definition) is 6. The summed E-state index contributed by atoms with van der Waals surface area (Å²) in [7, 11) is 1.49. The first kappa shape index (κ1) is 21.4. The second-order valence-corrected chi connectivity index (χ2v) is 9.66. The van der Waals surface area contributed by atoms with Crippen LogP contribution < -0.4 is 10.1 Å². The third-order valence-electron chi connectivity index (χ3n) is 7.18. The topological polar surface area (TPSA) is 84.7 Å². The SMILES string of the molecule is COc1cc(SC)c([N+](=O)[O-])cc1C(=O)N[C@H]1CCN(C2C3CCCC2CCC3)C1. The molecule has 1 aromatic carbocycles. The molecule has 8 heteroatoms. The largest absolute Gasteiger partial charge is 0.496 e. The molecular weight excluding hydrogens is 402 g/mol. The Balaban J connectivity index is 1.46. The van der Waals surface area contributed by atoms with Gasteiger partial charge in [0.15, 0.2) is 0 Å². The van der Waals surface area contributed by atoms with Crippen molar-refractivity contribution in [1.29, 1.82) is 0 Å². The van der Waals surface area contributed by atoms with Gasteiger partial charge in [-0.15, -0.1) is 11.8 Å². The number of nitrogens with zero attached hydrogens (tertiary/aromatic N) is 2. The van der Waals surface area contributed by atoms with E-state index >= 15 is 0 Å². The van der Waals surface area contributed by atoms with Crippen LogP contribution in [0.4, 0.5) is 5.69 Å². The molecule has 1 saturated heterocycles. The third kappa shape index (κ3) is 4.17. The van der Waals surface area contributed by atoms with Crippen LogP contribution in [0.15, 0.2) is 17.0 Å². The van der Waals surface area contributed by atoms with Crippen molar-refractivity contribution in [3.63, 3.8) is 0 Å². The number of rotatable bonds is 6. The number of nitro groups is 1. The quantitative estimate of drug-likeness (QED) is 0.413. The molecule has 3 fully saturated rings. The van der Waals surface area contributed by atoms with Gasteiger partial charge in [-0.05, 0) is 50.2 Å². The normalized spacial score (nSPS) is 28.9. The summed E-state index contributed by atoms with van der Waals surface area (Å²) in [5.41, 5.74) is 0.173. The zero-order valence-electron chi connectivity index (χ0n) is 17.8. The highest BCUT2D eigenvalue weighted by atomic mass is 32.2. The molecule has 164 valence electrons. The second-order valence-electron chi connectivity index (χ2n) is 8.81. The van der Waals surface area contributed by atoms with Gasteiger partial charge in [0.05, 0.1) is 22.5 Å². The highest BCUT2D eigenvalue weighted by molar-refractivity contribution is 7.98. The number of benzene rings is 1. The van der Waals surface area contributed by atoms with Crippen molar-refractivity contribution in [1.82, 2.24) is 10.2 Å². The molecule has 1 heterocycles. The maximum absolute atomic E-state index is 13.0. The van der Waals surface area contributed by atoms with E-state index in [2.05, 4.69) is 10.2 Å². The first-order chi connectivity index (χ1) is 14.5. The van der Waals surface area contributed by atoms with E-state index in [1.54, 1.807) is 12.3 Å². The fourth-order valence-corrected chi connectivity index (χ4v) is 6.45. The molecule has 3 aliphatic rings. The van der Waals surface area contributed by atoms with Crippen LogP contribution in [0.5, 0.6) is 5.75 Å². The molecule has 0 aromatic heterocycles. The molecule has 7 nitrogen and oxygen atoms in total. The van der Waals surface area contributed by atoms with Crippen LogP contribution in [-0.4, -0.2) is 54.3 Å². The van der Waals surface area contributed by atoms with Gasteiger partial charge in [-0.1, -0.05) is 12.8 Å². The summed E-state index contributed by atoms with van der Waals surface area (Å²) in [6.07, 6.45) is 10.8. The number of amides is 1. The van der Waals surface area contributed by atoms with Crippen molar-refractivity contribution in [3.8, 4) is 5.75 Å². The van der Waals surface area contributed by atoms with Crippen LogP contribution in [-0.2, 0) is 0 Å². The van der Waals surface area contributed by atoms with Crippen LogP contribution in [0.3, 0.4) is 0 Å². The number of fused-ring (bicyclic) bond motifs is 2. The summed E-state index contributed by atoms with van der Waals surface area (Å²) in [4.78, 5) is 27.1. The summed E-state index contributed by atoms with van der Waals surface area (Å²) in [5, 5.41) is 14.5. The Hall–Kier alpha value is -1.80. The molecule has 0 radical (unpaired) electrons. The molecule has 30 heavy (non-hydrogen) atoms. The Kier molecular flexibility index (Phi) is 6.53. The molecule has 2 bridgehead atoms. The molecule has 1 aromatic rings. The molecule has 2 saturated carbocycles. The summed E-state index contributed by atoms with van der Waals surface area (Å²) in [5.74, 6) is 1.71. The predicted molar refractivity (Wildman–Crippen MR) is 117 cm³/mol. The molecular formula is C22H31N3O4S. The fraction of sp³-hybridized carbons (Fsp3) is 0.682. The summed E-state index contributed by atoms with van der Waals surface area (Å²) < 4.78 is 5.37. The summed E-state index contributed by atoms with van der Waals surface area (Å²) in [6.45, 7) is 1.89. The Bertz CT molecular complexity index is 796.